The number of aromatic nitrogens is 2. The maximum atomic E-state index is 13.3. The van der Waals surface area contributed by atoms with E-state index in [1.54, 1.807) is 4.68 Å². The summed E-state index contributed by atoms with van der Waals surface area (Å²) in [7, 11) is 1.85. The molecule has 7 heteroatoms. The third kappa shape index (κ3) is 2.32. The van der Waals surface area contributed by atoms with Crippen LogP contribution in [0.3, 0.4) is 0 Å². The number of carbonyl (C=O) groups excluding carboxylic acids is 1. The summed E-state index contributed by atoms with van der Waals surface area (Å²) in [5, 5.41) is 4.38. The lowest BCUT2D eigenvalue weighted by Crippen LogP contribution is -2.60. The van der Waals surface area contributed by atoms with Gasteiger partial charge in [0.25, 0.3) is 5.91 Å². The summed E-state index contributed by atoms with van der Waals surface area (Å²) in [5.41, 5.74) is 1.78. The molecule has 4 fully saturated rings. The van der Waals surface area contributed by atoms with Gasteiger partial charge in [0.05, 0.1) is 6.04 Å². The zero-order chi connectivity index (χ0) is 18.8. The Morgan fingerprint density at radius 3 is 2.71 bits per heavy atom. The van der Waals surface area contributed by atoms with Crippen molar-refractivity contribution in [3.05, 3.63) is 41.7 Å². The SMILES string of the molecule is Cn1ccc(C(=O)N2C[C@@H](c3ccc4c(c3)OCO4)[C@@H]3[C@H]2C2CCN3CC2)n1. The van der Waals surface area contributed by atoms with Crippen LogP contribution in [0.5, 0.6) is 11.5 Å². The second-order valence-electron chi connectivity index (χ2n) is 8.41. The van der Waals surface area contributed by atoms with Crippen LogP contribution >= 0.6 is 0 Å². The Bertz CT molecular complexity index is 933. The van der Waals surface area contributed by atoms with Gasteiger partial charge in [0.2, 0.25) is 6.79 Å². The van der Waals surface area contributed by atoms with Crippen molar-refractivity contribution in [2.24, 2.45) is 13.0 Å². The predicted octanol–water partition coefficient (Wildman–Crippen LogP) is 1.85. The van der Waals surface area contributed by atoms with E-state index in [2.05, 4.69) is 27.0 Å². The van der Waals surface area contributed by atoms with E-state index < -0.39 is 0 Å². The fourth-order valence-electron chi connectivity index (χ4n) is 5.77. The molecule has 7 rings (SSSR count). The zero-order valence-electron chi connectivity index (χ0n) is 16.0. The number of carbonyl (C=O) groups is 1. The molecule has 2 bridgehead atoms. The minimum absolute atomic E-state index is 0.0626. The summed E-state index contributed by atoms with van der Waals surface area (Å²) in [5.74, 6) is 2.56. The number of nitrogens with zero attached hydrogens (tertiary/aromatic N) is 4. The molecular weight excluding hydrogens is 356 g/mol. The Morgan fingerprint density at radius 2 is 1.93 bits per heavy atom. The Labute approximate surface area is 163 Å². The van der Waals surface area contributed by atoms with Crippen LogP contribution in [-0.4, -0.2) is 64.0 Å². The fraction of sp³-hybridized carbons (Fsp3) is 0.524. The van der Waals surface area contributed by atoms with Crippen molar-refractivity contribution in [3.63, 3.8) is 0 Å². The topological polar surface area (TPSA) is 59.8 Å². The van der Waals surface area contributed by atoms with Gasteiger partial charge in [-0.1, -0.05) is 6.07 Å². The number of likely N-dealkylation sites (tertiary alicyclic amines) is 1. The number of benzene rings is 1. The molecule has 1 aromatic heterocycles. The average molecular weight is 380 g/mol. The highest BCUT2D eigenvalue weighted by Crippen LogP contribution is 2.48. The van der Waals surface area contributed by atoms with Gasteiger partial charge in [-0.05, 0) is 55.6 Å². The summed E-state index contributed by atoms with van der Waals surface area (Å²) < 4.78 is 12.8. The Hall–Kier alpha value is -2.54. The molecule has 5 aliphatic heterocycles. The fourth-order valence-corrected chi connectivity index (χ4v) is 5.77. The summed E-state index contributed by atoms with van der Waals surface area (Å²) in [6, 6.07) is 8.74. The van der Waals surface area contributed by atoms with Crippen LogP contribution < -0.4 is 9.47 Å². The molecule has 146 valence electrons. The molecule has 1 amide bonds. The standard InChI is InChI=1S/C21H24N4O3/c1-23-7-6-16(22-23)21(26)25-11-15(14-2-3-17-18(10-14)28-12-27-17)20-19(25)13-4-8-24(20)9-5-13/h2-3,6-7,10,13,15,19-20H,4-5,8-9,11-12H2,1H3/t15-,19+,20+/m0/s1. The second-order valence-corrected chi connectivity index (χ2v) is 8.41. The molecule has 2 aromatic rings. The van der Waals surface area contributed by atoms with Crippen molar-refractivity contribution in [1.82, 2.24) is 19.6 Å². The molecule has 28 heavy (non-hydrogen) atoms. The number of hydrogen-bond donors (Lipinski definition) is 0. The van der Waals surface area contributed by atoms with Gasteiger partial charge in [-0.3, -0.25) is 14.4 Å². The molecule has 7 nitrogen and oxygen atoms in total. The van der Waals surface area contributed by atoms with Crippen LogP contribution in [0.25, 0.3) is 0 Å². The van der Waals surface area contributed by atoms with Crippen molar-refractivity contribution in [2.45, 2.75) is 30.8 Å². The lowest BCUT2D eigenvalue weighted by Gasteiger charge is -2.51. The highest BCUT2D eigenvalue weighted by Gasteiger charge is 2.55. The molecule has 1 aromatic carbocycles. The van der Waals surface area contributed by atoms with Crippen molar-refractivity contribution >= 4 is 5.91 Å². The first-order valence-electron chi connectivity index (χ1n) is 10.1. The lowest BCUT2D eigenvalue weighted by molar-refractivity contribution is -0.00360. The minimum Gasteiger partial charge on any atom is -0.454 e. The number of amides is 1. The Morgan fingerprint density at radius 1 is 1.11 bits per heavy atom. The first kappa shape index (κ1) is 16.4. The monoisotopic (exact) mass is 380 g/mol. The smallest absolute Gasteiger partial charge is 0.274 e. The highest BCUT2D eigenvalue weighted by molar-refractivity contribution is 5.93. The quantitative estimate of drug-likeness (QED) is 0.796. The van der Waals surface area contributed by atoms with Crippen LogP contribution in [-0.2, 0) is 7.05 Å². The number of aryl methyl sites for hydroxylation is 1. The lowest BCUT2D eigenvalue weighted by atomic mass is 9.75. The molecule has 6 heterocycles. The van der Waals surface area contributed by atoms with E-state index in [1.807, 2.05) is 25.4 Å². The predicted molar refractivity (Wildman–Crippen MR) is 101 cm³/mol. The number of ether oxygens (including phenoxy) is 2. The molecule has 0 radical (unpaired) electrons. The van der Waals surface area contributed by atoms with Crippen molar-refractivity contribution in [2.75, 3.05) is 26.4 Å². The molecular formula is C21H24N4O3. The van der Waals surface area contributed by atoms with Gasteiger partial charge in [0.1, 0.15) is 5.69 Å². The van der Waals surface area contributed by atoms with Gasteiger partial charge in [-0.15, -0.1) is 0 Å². The maximum Gasteiger partial charge on any atom is 0.274 e. The van der Waals surface area contributed by atoms with E-state index in [-0.39, 0.29) is 24.7 Å². The normalized spacial score (nSPS) is 32.6. The Balaban J connectivity index is 1.38. The van der Waals surface area contributed by atoms with Crippen LogP contribution in [0.2, 0.25) is 0 Å². The van der Waals surface area contributed by atoms with Crippen LogP contribution in [0.1, 0.15) is 34.8 Å². The second kappa shape index (κ2) is 5.98. The summed E-state index contributed by atoms with van der Waals surface area (Å²) in [6.45, 7) is 3.29. The molecule has 4 saturated heterocycles. The van der Waals surface area contributed by atoms with Gasteiger partial charge in [-0.2, -0.15) is 5.10 Å². The van der Waals surface area contributed by atoms with Crippen LogP contribution in [0.15, 0.2) is 30.5 Å². The van der Waals surface area contributed by atoms with Gasteiger partial charge < -0.3 is 14.4 Å². The summed E-state index contributed by atoms with van der Waals surface area (Å²) >= 11 is 0. The van der Waals surface area contributed by atoms with Crippen LogP contribution in [0.4, 0.5) is 0 Å². The summed E-state index contributed by atoms with van der Waals surface area (Å²) in [4.78, 5) is 18.1. The van der Waals surface area contributed by atoms with Gasteiger partial charge in [0.15, 0.2) is 11.5 Å². The average Bonchev–Trinajstić information content (AvgIpc) is 3.46. The number of piperidine rings is 3. The third-order valence-electron chi connectivity index (χ3n) is 7.01. The molecule has 0 N–H and O–H groups in total. The van der Waals surface area contributed by atoms with Crippen molar-refractivity contribution in [1.29, 1.82) is 0 Å². The Kier molecular flexibility index (Phi) is 3.50. The first-order chi connectivity index (χ1) is 13.7. The zero-order valence-corrected chi connectivity index (χ0v) is 16.0. The number of fused-ring (bicyclic) bond motifs is 3. The van der Waals surface area contributed by atoms with E-state index >= 15 is 0 Å². The van der Waals surface area contributed by atoms with E-state index in [9.17, 15) is 4.79 Å². The van der Waals surface area contributed by atoms with E-state index in [4.69, 9.17) is 9.47 Å². The molecule has 0 unspecified atom stereocenters. The van der Waals surface area contributed by atoms with Crippen molar-refractivity contribution < 1.29 is 14.3 Å². The third-order valence-corrected chi connectivity index (χ3v) is 7.01. The summed E-state index contributed by atoms with van der Waals surface area (Å²) in [6.07, 6.45) is 4.20. The van der Waals surface area contributed by atoms with Crippen LogP contribution in [0, 0.1) is 5.92 Å². The van der Waals surface area contributed by atoms with Crippen molar-refractivity contribution in [3.8, 4) is 11.5 Å². The van der Waals surface area contributed by atoms with E-state index in [0.29, 0.717) is 17.7 Å². The van der Waals surface area contributed by atoms with E-state index in [1.165, 1.54) is 18.4 Å². The van der Waals surface area contributed by atoms with E-state index in [0.717, 1.165) is 31.1 Å². The molecule has 5 aliphatic rings. The molecule has 3 atom stereocenters. The maximum absolute atomic E-state index is 13.3. The molecule has 0 spiro atoms. The minimum atomic E-state index is 0.0626. The first-order valence-corrected chi connectivity index (χ1v) is 10.1. The number of rotatable bonds is 2. The van der Waals surface area contributed by atoms with Gasteiger partial charge in [0, 0.05) is 31.7 Å². The number of hydrogen-bond acceptors (Lipinski definition) is 5. The largest absolute Gasteiger partial charge is 0.454 e. The van der Waals surface area contributed by atoms with Gasteiger partial charge in [-0.25, -0.2) is 0 Å². The molecule has 0 saturated carbocycles. The molecule has 0 aliphatic carbocycles. The highest BCUT2D eigenvalue weighted by atomic mass is 16.7. The van der Waals surface area contributed by atoms with Gasteiger partial charge >= 0.3 is 0 Å².